The second-order valence-corrected chi connectivity index (χ2v) is 13.2. The minimum atomic E-state index is 1.24. The van der Waals surface area contributed by atoms with Crippen LogP contribution in [0.25, 0.3) is 109 Å². The van der Waals surface area contributed by atoms with E-state index in [-0.39, 0.29) is 0 Å². The SMILES string of the molecule is c1ccc(-c2ccc3c4ccc(-c5ccc6c7c(cccc57)-c5ccccc5-6)cc4c4c5ccccc5c5ccccc5c4c3c2)cc1. The summed E-state index contributed by atoms with van der Waals surface area (Å²) < 4.78 is 0. The molecule has 10 aromatic carbocycles. The summed E-state index contributed by atoms with van der Waals surface area (Å²) in [6, 6.07) is 63.2. The Morgan fingerprint density at radius 2 is 0.646 bits per heavy atom. The normalized spacial score (nSPS) is 12.2. The highest BCUT2D eigenvalue weighted by molar-refractivity contribution is 6.40. The molecule has 1 aliphatic rings. The predicted octanol–water partition coefficient (Wildman–Crippen LogP) is 13.6. The lowest BCUT2D eigenvalue weighted by Crippen LogP contribution is -1.90. The van der Waals surface area contributed by atoms with Crippen molar-refractivity contribution >= 4 is 64.6 Å². The average molecular weight is 605 g/mol. The van der Waals surface area contributed by atoms with Crippen molar-refractivity contribution in [3.63, 3.8) is 0 Å². The molecule has 0 fully saturated rings. The first-order valence-electron chi connectivity index (χ1n) is 16.8. The smallest absolute Gasteiger partial charge is 0.00137 e. The Morgan fingerprint density at radius 3 is 1.31 bits per heavy atom. The maximum atomic E-state index is 2.47. The van der Waals surface area contributed by atoms with Crippen molar-refractivity contribution in [2.75, 3.05) is 0 Å². The summed E-state index contributed by atoms with van der Waals surface area (Å²) in [4.78, 5) is 0. The number of rotatable bonds is 2. The van der Waals surface area contributed by atoms with Crippen LogP contribution in [0.5, 0.6) is 0 Å². The van der Waals surface area contributed by atoms with Gasteiger partial charge in [-0.2, -0.15) is 0 Å². The Balaban J connectivity index is 1.29. The maximum absolute atomic E-state index is 2.47. The molecular formula is C48H28. The van der Waals surface area contributed by atoms with E-state index in [1.165, 1.54) is 109 Å². The molecule has 0 nitrogen and oxygen atoms in total. The standard InChI is InChI=1S/C48H28/c1-2-11-29(12-3-1)30-21-23-37-38-24-22-31(32-25-26-43-36-16-5-4-13-33(36)40-20-10-19-39(32)46(40)43)28-45(38)48-42-18-9-7-15-35(42)34-14-6-8-17-41(34)47(48)44(37)27-30/h1-28H. The van der Waals surface area contributed by atoms with Gasteiger partial charge in [-0.25, -0.2) is 0 Å². The zero-order valence-electron chi connectivity index (χ0n) is 26.2. The van der Waals surface area contributed by atoms with Crippen molar-refractivity contribution in [3.05, 3.63) is 170 Å². The average Bonchev–Trinajstić information content (AvgIpc) is 3.49. The van der Waals surface area contributed by atoms with Crippen LogP contribution in [-0.4, -0.2) is 0 Å². The lowest BCUT2D eigenvalue weighted by atomic mass is 9.85. The number of hydrogen-bond donors (Lipinski definition) is 0. The lowest BCUT2D eigenvalue weighted by Gasteiger charge is -2.18. The van der Waals surface area contributed by atoms with Crippen molar-refractivity contribution in [1.29, 1.82) is 0 Å². The summed E-state index contributed by atoms with van der Waals surface area (Å²) in [5, 5.41) is 15.7. The molecule has 0 aromatic heterocycles. The van der Waals surface area contributed by atoms with E-state index in [4.69, 9.17) is 0 Å². The van der Waals surface area contributed by atoms with Crippen molar-refractivity contribution in [2.24, 2.45) is 0 Å². The molecule has 10 aromatic rings. The van der Waals surface area contributed by atoms with Crippen LogP contribution in [0.15, 0.2) is 170 Å². The molecule has 0 atom stereocenters. The summed E-state index contributed by atoms with van der Waals surface area (Å²) in [6.07, 6.45) is 0. The second kappa shape index (κ2) is 9.64. The van der Waals surface area contributed by atoms with Gasteiger partial charge in [0.05, 0.1) is 0 Å². The third-order valence-corrected chi connectivity index (χ3v) is 10.8. The summed E-state index contributed by atoms with van der Waals surface area (Å²) in [5.74, 6) is 0. The van der Waals surface area contributed by atoms with E-state index in [1.54, 1.807) is 0 Å². The lowest BCUT2D eigenvalue weighted by molar-refractivity contribution is 1.65. The highest BCUT2D eigenvalue weighted by atomic mass is 14.3. The molecule has 0 saturated heterocycles. The Morgan fingerprint density at radius 1 is 0.188 bits per heavy atom. The molecular weight excluding hydrogens is 577 g/mol. The Hall–Kier alpha value is -6.24. The molecule has 0 N–H and O–H groups in total. The van der Waals surface area contributed by atoms with Gasteiger partial charge in [0.15, 0.2) is 0 Å². The summed E-state index contributed by atoms with van der Waals surface area (Å²) in [5.41, 5.74) is 10.4. The van der Waals surface area contributed by atoms with Crippen LogP contribution in [0, 0.1) is 0 Å². The molecule has 220 valence electrons. The third kappa shape index (κ3) is 3.44. The third-order valence-electron chi connectivity index (χ3n) is 10.8. The zero-order chi connectivity index (χ0) is 31.3. The molecule has 0 radical (unpaired) electrons. The fourth-order valence-electron chi connectivity index (χ4n) is 8.71. The van der Waals surface area contributed by atoms with Crippen LogP contribution in [0.4, 0.5) is 0 Å². The highest BCUT2D eigenvalue weighted by Crippen LogP contribution is 2.50. The van der Waals surface area contributed by atoms with Gasteiger partial charge in [-0.05, 0) is 121 Å². The largest absolute Gasteiger partial charge is 0.0622 e. The maximum Gasteiger partial charge on any atom is -0.00137 e. The van der Waals surface area contributed by atoms with Gasteiger partial charge < -0.3 is 0 Å². The summed E-state index contributed by atoms with van der Waals surface area (Å²) in [7, 11) is 0. The van der Waals surface area contributed by atoms with Gasteiger partial charge >= 0.3 is 0 Å². The number of hydrogen-bond acceptors (Lipinski definition) is 0. The van der Waals surface area contributed by atoms with Crippen LogP contribution in [0.1, 0.15) is 0 Å². The molecule has 0 amide bonds. The molecule has 0 saturated carbocycles. The van der Waals surface area contributed by atoms with Gasteiger partial charge in [0.1, 0.15) is 0 Å². The topological polar surface area (TPSA) is 0 Å². The number of fused-ring (bicyclic) bond motifs is 14. The first-order valence-corrected chi connectivity index (χ1v) is 16.8. The van der Waals surface area contributed by atoms with Gasteiger partial charge in [0, 0.05) is 0 Å². The molecule has 11 rings (SSSR count). The number of benzene rings is 10. The van der Waals surface area contributed by atoms with Gasteiger partial charge in [-0.3, -0.25) is 0 Å². The molecule has 1 aliphatic carbocycles. The van der Waals surface area contributed by atoms with Gasteiger partial charge in [-0.1, -0.05) is 158 Å². The quantitative estimate of drug-likeness (QED) is 0.172. The molecule has 0 bridgehead atoms. The summed E-state index contributed by atoms with van der Waals surface area (Å²) >= 11 is 0. The molecule has 0 heterocycles. The first-order chi connectivity index (χ1) is 23.8. The van der Waals surface area contributed by atoms with E-state index < -0.39 is 0 Å². The van der Waals surface area contributed by atoms with E-state index in [2.05, 4.69) is 170 Å². The molecule has 0 heteroatoms. The van der Waals surface area contributed by atoms with Crippen LogP contribution < -0.4 is 0 Å². The van der Waals surface area contributed by atoms with Gasteiger partial charge in [0.2, 0.25) is 0 Å². The second-order valence-electron chi connectivity index (χ2n) is 13.2. The zero-order valence-corrected chi connectivity index (χ0v) is 26.2. The van der Waals surface area contributed by atoms with E-state index >= 15 is 0 Å². The van der Waals surface area contributed by atoms with Crippen LogP contribution in [-0.2, 0) is 0 Å². The van der Waals surface area contributed by atoms with Gasteiger partial charge in [-0.15, -0.1) is 0 Å². The molecule has 48 heavy (non-hydrogen) atoms. The van der Waals surface area contributed by atoms with Crippen LogP contribution >= 0.6 is 0 Å². The van der Waals surface area contributed by atoms with Crippen molar-refractivity contribution in [2.45, 2.75) is 0 Å². The molecule has 0 unspecified atom stereocenters. The Bertz CT molecular complexity index is 2950. The van der Waals surface area contributed by atoms with E-state index in [9.17, 15) is 0 Å². The van der Waals surface area contributed by atoms with E-state index in [1.807, 2.05) is 0 Å². The van der Waals surface area contributed by atoms with Crippen LogP contribution in [0.3, 0.4) is 0 Å². The first kappa shape index (κ1) is 25.9. The molecule has 0 aliphatic heterocycles. The van der Waals surface area contributed by atoms with E-state index in [0.29, 0.717) is 0 Å². The van der Waals surface area contributed by atoms with Crippen molar-refractivity contribution in [1.82, 2.24) is 0 Å². The Labute approximate surface area is 278 Å². The van der Waals surface area contributed by atoms with Crippen molar-refractivity contribution < 1.29 is 0 Å². The van der Waals surface area contributed by atoms with Gasteiger partial charge in [0.25, 0.3) is 0 Å². The fourth-order valence-corrected chi connectivity index (χ4v) is 8.71. The highest BCUT2D eigenvalue weighted by Gasteiger charge is 2.23. The monoisotopic (exact) mass is 604 g/mol. The minimum absolute atomic E-state index is 1.24. The molecule has 0 spiro atoms. The fraction of sp³-hybridized carbons (Fsp3) is 0. The summed E-state index contributed by atoms with van der Waals surface area (Å²) in [6.45, 7) is 0. The van der Waals surface area contributed by atoms with Crippen LogP contribution in [0.2, 0.25) is 0 Å². The van der Waals surface area contributed by atoms with E-state index in [0.717, 1.165) is 0 Å². The minimum Gasteiger partial charge on any atom is -0.0622 e. The predicted molar refractivity (Wildman–Crippen MR) is 207 cm³/mol. The Kier molecular flexibility index (Phi) is 5.20. The van der Waals surface area contributed by atoms with Crippen molar-refractivity contribution in [3.8, 4) is 44.5 Å².